The van der Waals surface area contributed by atoms with Crippen LogP contribution in [0.25, 0.3) is 11.0 Å². The average molecular weight is 449 g/mol. The van der Waals surface area contributed by atoms with E-state index in [4.69, 9.17) is 4.98 Å². The van der Waals surface area contributed by atoms with Gasteiger partial charge >= 0.3 is 0 Å². The first-order valence-electron chi connectivity index (χ1n) is 11.8. The summed E-state index contributed by atoms with van der Waals surface area (Å²) >= 11 is 0. The van der Waals surface area contributed by atoms with Gasteiger partial charge in [0.05, 0.1) is 29.1 Å². The van der Waals surface area contributed by atoms with Gasteiger partial charge in [0, 0.05) is 52.9 Å². The van der Waals surface area contributed by atoms with Gasteiger partial charge in [-0.25, -0.2) is 15.0 Å². The quantitative estimate of drug-likeness (QED) is 0.620. The molecule has 1 saturated carbocycles. The maximum Gasteiger partial charge on any atom is 0.270 e. The van der Waals surface area contributed by atoms with Gasteiger partial charge in [-0.05, 0) is 30.9 Å². The van der Waals surface area contributed by atoms with Crippen molar-refractivity contribution in [3.8, 4) is 0 Å². The third-order valence-electron chi connectivity index (χ3n) is 6.82. The summed E-state index contributed by atoms with van der Waals surface area (Å²) in [5, 5.41) is 6.63. The largest absolute Gasteiger partial charge is 0.368 e. The lowest BCUT2D eigenvalue weighted by molar-refractivity contribution is 0.0817. The summed E-state index contributed by atoms with van der Waals surface area (Å²) in [5.74, 6) is 1.57. The van der Waals surface area contributed by atoms with Crippen molar-refractivity contribution < 1.29 is 4.79 Å². The maximum absolute atomic E-state index is 13.1. The minimum atomic E-state index is 0.0112. The van der Waals surface area contributed by atoms with Crippen molar-refractivity contribution in [2.24, 2.45) is 7.05 Å². The predicted octanol–water partition coefficient (Wildman–Crippen LogP) is 2.88. The number of amides is 1. The topological polar surface area (TPSA) is 91.2 Å². The summed E-state index contributed by atoms with van der Waals surface area (Å²) in [6.07, 6.45) is 8.27. The molecular formula is C24H32N8O. The zero-order chi connectivity index (χ0) is 22.9. The Hall–Kier alpha value is -3.20. The highest BCUT2D eigenvalue weighted by molar-refractivity contribution is 6.01. The molecule has 174 valence electrons. The molecule has 1 saturated heterocycles. The second-order valence-corrected chi connectivity index (χ2v) is 9.19. The highest BCUT2D eigenvalue weighted by atomic mass is 16.2. The number of anilines is 3. The fourth-order valence-corrected chi connectivity index (χ4v) is 5.05. The number of fused-ring (bicyclic) bond motifs is 1. The Morgan fingerprint density at radius 3 is 2.55 bits per heavy atom. The average Bonchev–Trinajstić information content (AvgIpc) is 3.46. The van der Waals surface area contributed by atoms with Gasteiger partial charge in [0.25, 0.3) is 5.91 Å². The second kappa shape index (κ2) is 8.97. The summed E-state index contributed by atoms with van der Waals surface area (Å²) in [6.45, 7) is 3.96. The van der Waals surface area contributed by atoms with Gasteiger partial charge in [-0.15, -0.1) is 0 Å². The van der Waals surface area contributed by atoms with Crippen LogP contribution >= 0.6 is 0 Å². The van der Waals surface area contributed by atoms with Crippen LogP contribution in [0.2, 0.25) is 0 Å². The summed E-state index contributed by atoms with van der Waals surface area (Å²) < 4.78 is 1.95. The van der Waals surface area contributed by atoms with Crippen LogP contribution in [0.15, 0.2) is 24.5 Å². The molecule has 5 rings (SSSR count). The molecule has 0 unspecified atom stereocenters. The summed E-state index contributed by atoms with van der Waals surface area (Å²) in [6, 6.07) is 4.05. The number of hydrogen-bond donors (Lipinski definition) is 2. The van der Waals surface area contributed by atoms with E-state index in [1.807, 2.05) is 30.1 Å². The fraction of sp³-hybridized carbons (Fsp3) is 0.500. The third kappa shape index (κ3) is 4.13. The smallest absolute Gasteiger partial charge is 0.270 e. The molecule has 9 heteroatoms. The number of pyridine rings is 1. The molecule has 33 heavy (non-hydrogen) atoms. The van der Waals surface area contributed by atoms with Crippen molar-refractivity contribution in [1.82, 2.24) is 29.7 Å². The zero-order valence-corrected chi connectivity index (χ0v) is 19.6. The molecule has 1 aliphatic heterocycles. The minimum absolute atomic E-state index is 0.0112. The van der Waals surface area contributed by atoms with E-state index in [1.165, 1.54) is 12.8 Å². The summed E-state index contributed by atoms with van der Waals surface area (Å²) in [4.78, 5) is 31.0. The van der Waals surface area contributed by atoms with Crippen molar-refractivity contribution in [1.29, 1.82) is 0 Å². The van der Waals surface area contributed by atoms with Crippen LogP contribution in [0.1, 0.15) is 47.7 Å². The van der Waals surface area contributed by atoms with E-state index in [1.54, 1.807) is 19.0 Å². The molecule has 0 spiro atoms. The lowest BCUT2D eigenvalue weighted by Crippen LogP contribution is -2.43. The minimum Gasteiger partial charge on any atom is -0.368 e. The molecule has 3 aromatic heterocycles. The van der Waals surface area contributed by atoms with Crippen LogP contribution in [0.5, 0.6) is 0 Å². The van der Waals surface area contributed by atoms with Gasteiger partial charge in [0.1, 0.15) is 11.5 Å². The lowest BCUT2D eigenvalue weighted by Gasteiger charge is -2.29. The van der Waals surface area contributed by atoms with E-state index < -0.39 is 0 Å². The Labute approximate surface area is 194 Å². The van der Waals surface area contributed by atoms with Gasteiger partial charge in [0.2, 0.25) is 5.95 Å². The molecule has 2 aliphatic rings. The number of aryl methyl sites for hydroxylation is 1. The predicted molar refractivity (Wildman–Crippen MR) is 130 cm³/mol. The van der Waals surface area contributed by atoms with Gasteiger partial charge < -0.3 is 25.0 Å². The van der Waals surface area contributed by atoms with Gasteiger partial charge in [-0.3, -0.25) is 4.79 Å². The van der Waals surface area contributed by atoms with E-state index in [2.05, 4.69) is 31.6 Å². The molecule has 1 aliphatic carbocycles. The van der Waals surface area contributed by atoms with Crippen molar-refractivity contribution >= 4 is 34.4 Å². The molecule has 0 atom stereocenters. The summed E-state index contributed by atoms with van der Waals surface area (Å²) in [5.41, 5.74) is 4.67. The fourth-order valence-electron chi connectivity index (χ4n) is 5.05. The number of carbonyl (C=O) groups is 1. The number of nitrogens with zero attached hydrogens (tertiary/aromatic N) is 6. The number of hydrogen-bond acceptors (Lipinski definition) is 7. The Balaban J connectivity index is 1.47. The third-order valence-corrected chi connectivity index (χ3v) is 6.82. The SMILES string of the molecule is CN(C)C(=O)c1c(C2CCCC2)c2nc(Nc3ccc(N4CCNCC4)cn3)ncc2n1C. The first kappa shape index (κ1) is 21.6. The lowest BCUT2D eigenvalue weighted by atomic mass is 9.96. The Bertz CT molecular complexity index is 1140. The monoisotopic (exact) mass is 448 g/mol. The first-order chi connectivity index (χ1) is 16.0. The van der Waals surface area contributed by atoms with Gasteiger partial charge in [-0.1, -0.05) is 12.8 Å². The number of piperazine rings is 1. The van der Waals surface area contributed by atoms with E-state index in [0.29, 0.717) is 17.7 Å². The maximum atomic E-state index is 13.1. The highest BCUT2D eigenvalue weighted by Crippen LogP contribution is 2.40. The van der Waals surface area contributed by atoms with E-state index >= 15 is 0 Å². The molecule has 1 amide bonds. The van der Waals surface area contributed by atoms with Gasteiger partial charge in [0.15, 0.2) is 0 Å². The van der Waals surface area contributed by atoms with Crippen LogP contribution in [0.4, 0.5) is 17.5 Å². The van der Waals surface area contributed by atoms with Crippen molar-refractivity contribution in [2.45, 2.75) is 31.6 Å². The number of carbonyl (C=O) groups excluding carboxylic acids is 1. The van der Waals surface area contributed by atoms with E-state index in [-0.39, 0.29) is 5.91 Å². The molecule has 0 radical (unpaired) electrons. The van der Waals surface area contributed by atoms with Crippen LogP contribution in [0, 0.1) is 0 Å². The molecule has 0 bridgehead atoms. The zero-order valence-electron chi connectivity index (χ0n) is 19.6. The van der Waals surface area contributed by atoms with Crippen LogP contribution < -0.4 is 15.5 Å². The Morgan fingerprint density at radius 1 is 1.12 bits per heavy atom. The van der Waals surface area contributed by atoms with Crippen molar-refractivity contribution in [3.63, 3.8) is 0 Å². The van der Waals surface area contributed by atoms with Gasteiger partial charge in [-0.2, -0.15) is 0 Å². The highest BCUT2D eigenvalue weighted by Gasteiger charge is 2.30. The molecule has 9 nitrogen and oxygen atoms in total. The van der Waals surface area contributed by atoms with Crippen molar-refractivity contribution in [2.75, 3.05) is 50.5 Å². The molecule has 4 heterocycles. The number of rotatable bonds is 5. The standard InChI is InChI=1S/C24H32N8O/c1-30(2)23(33)22-20(16-6-4-5-7-16)21-18(31(22)3)15-27-24(29-21)28-19-9-8-17(14-26-19)32-12-10-25-11-13-32/h8-9,14-16,25H,4-7,10-13H2,1-3H3,(H,26,27,28,29). The van der Waals surface area contributed by atoms with Crippen LogP contribution in [-0.4, -0.2) is 70.6 Å². The van der Waals surface area contributed by atoms with Crippen LogP contribution in [-0.2, 0) is 7.05 Å². The molecular weight excluding hydrogens is 416 g/mol. The number of aromatic nitrogens is 4. The second-order valence-electron chi connectivity index (χ2n) is 9.19. The van der Waals surface area contributed by atoms with Crippen LogP contribution in [0.3, 0.4) is 0 Å². The molecule has 2 N–H and O–H groups in total. The Kier molecular flexibility index (Phi) is 5.88. The normalized spacial score (nSPS) is 17.0. The van der Waals surface area contributed by atoms with Crippen molar-refractivity contribution in [3.05, 3.63) is 35.8 Å². The Morgan fingerprint density at radius 2 is 1.88 bits per heavy atom. The van der Waals surface area contributed by atoms with E-state index in [9.17, 15) is 4.79 Å². The van der Waals surface area contributed by atoms with E-state index in [0.717, 1.165) is 67.0 Å². The number of nitrogens with one attached hydrogen (secondary N) is 2. The molecule has 0 aromatic carbocycles. The molecule has 3 aromatic rings. The molecule has 2 fully saturated rings. The summed E-state index contributed by atoms with van der Waals surface area (Å²) in [7, 11) is 5.53. The first-order valence-corrected chi connectivity index (χ1v) is 11.8.